The van der Waals surface area contributed by atoms with E-state index in [2.05, 4.69) is 15.6 Å². The first-order valence-corrected chi connectivity index (χ1v) is 8.78. The highest BCUT2D eigenvalue weighted by Crippen LogP contribution is 2.24. The molecule has 0 fully saturated rings. The van der Waals surface area contributed by atoms with Crippen LogP contribution in [0.15, 0.2) is 54.4 Å². The van der Waals surface area contributed by atoms with Crippen LogP contribution in [0.4, 0.5) is 5.69 Å². The number of aromatic nitrogens is 2. The van der Waals surface area contributed by atoms with Gasteiger partial charge in [0.25, 0.3) is 5.91 Å². The molecule has 0 saturated carbocycles. The zero-order valence-electron chi connectivity index (χ0n) is 13.1. The average molecular weight is 375 g/mol. The fourth-order valence-electron chi connectivity index (χ4n) is 2.20. The fraction of sp³-hybridized carbons (Fsp3) is 0.118. The van der Waals surface area contributed by atoms with Crippen LogP contribution in [0.25, 0.3) is 5.69 Å². The Hall–Kier alpha value is -2.64. The molecule has 2 heterocycles. The second-order valence-electron chi connectivity index (χ2n) is 5.17. The van der Waals surface area contributed by atoms with Crippen LogP contribution in [0.2, 0.25) is 5.02 Å². The molecule has 0 spiro atoms. The molecule has 128 valence electrons. The minimum atomic E-state index is -0.196. The highest BCUT2D eigenvalue weighted by atomic mass is 35.5. The summed E-state index contributed by atoms with van der Waals surface area (Å²) in [7, 11) is 0. The van der Waals surface area contributed by atoms with Gasteiger partial charge in [0.1, 0.15) is 0 Å². The van der Waals surface area contributed by atoms with Crippen LogP contribution in [0.5, 0.6) is 0 Å². The standard InChI is InChI=1S/C17H15ClN4O2S/c18-13-10-12(3-4-14(13)22-8-7-19-11-22)21-16(23)5-6-20-17(24)15-2-1-9-25-15/h1-4,7-11H,5-6H2,(H,20,24)(H,21,23). The maximum atomic E-state index is 12.0. The molecule has 0 atom stereocenters. The van der Waals surface area contributed by atoms with Crippen molar-refractivity contribution in [2.24, 2.45) is 0 Å². The van der Waals surface area contributed by atoms with Gasteiger partial charge in [0.05, 0.1) is 21.9 Å². The van der Waals surface area contributed by atoms with Gasteiger partial charge in [-0.2, -0.15) is 0 Å². The van der Waals surface area contributed by atoms with Crippen LogP contribution in [0, 0.1) is 0 Å². The molecule has 0 aliphatic rings. The summed E-state index contributed by atoms with van der Waals surface area (Å²) in [5.74, 6) is -0.367. The summed E-state index contributed by atoms with van der Waals surface area (Å²) in [5, 5.41) is 7.82. The summed E-state index contributed by atoms with van der Waals surface area (Å²) in [5.41, 5.74) is 1.38. The van der Waals surface area contributed by atoms with Crippen LogP contribution in [0.1, 0.15) is 16.1 Å². The average Bonchev–Trinajstić information content (AvgIpc) is 3.29. The van der Waals surface area contributed by atoms with E-state index in [0.717, 1.165) is 5.69 Å². The number of nitrogens with one attached hydrogen (secondary N) is 2. The molecule has 0 radical (unpaired) electrons. The van der Waals surface area contributed by atoms with Gasteiger partial charge in [-0.3, -0.25) is 9.59 Å². The number of imidazole rings is 1. The number of thiophene rings is 1. The number of nitrogens with zero attached hydrogens (tertiary/aromatic N) is 2. The van der Waals surface area contributed by atoms with Crippen molar-refractivity contribution in [2.75, 3.05) is 11.9 Å². The largest absolute Gasteiger partial charge is 0.351 e. The van der Waals surface area contributed by atoms with Gasteiger partial charge in [-0.05, 0) is 29.6 Å². The van der Waals surface area contributed by atoms with Crippen molar-refractivity contribution in [1.82, 2.24) is 14.9 Å². The first kappa shape index (κ1) is 17.2. The molecule has 2 N–H and O–H groups in total. The Morgan fingerprint density at radius 3 is 2.84 bits per heavy atom. The van der Waals surface area contributed by atoms with Crippen LogP contribution >= 0.6 is 22.9 Å². The van der Waals surface area contributed by atoms with Crippen molar-refractivity contribution in [3.63, 3.8) is 0 Å². The van der Waals surface area contributed by atoms with Gasteiger partial charge in [0.2, 0.25) is 5.91 Å². The van der Waals surface area contributed by atoms with Gasteiger partial charge < -0.3 is 15.2 Å². The molecule has 0 unspecified atom stereocenters. The van der Waals surface area contributed by atoms with Crippen molar-refractivity contribution in [3.05, 3.63) is 64.3 Å². The molecule has 0 aliphatic carbocycles. The van der Waals surface area contributed by atoms with Gasteiger partial charge in [0.15, 0.2) is 0 Å². The summed E-state index contributed by atoms with van der Waals surface area (Å²) in [6, 6.07) is 8.80. The van der Waals surface area contributed by atoms with E-state index in [-0.39, 0.29) is 24.8 Å². The second kappa shape index (κ2) is 7.96. The first-order valence-electron chi connectivity index (χ1n) is 7.53. The Labute approximate surface area is 153 Å². The number of carbonyl (C=O) groups is 2. The van der Waals surface area contributed by atoms with Crippen molar-refractivity contribution >= 4 is 40.4 Å². The smallest absolute Gasteiger partial charge is 0.261 e. The van der Waals surface area contributed by atoms with E-state index in [4.69, 9.17) is 11.6 Å². The molecule has 2 aromatic heterocycles. The minimum Gasteiger partial charge on any atom is -0.351 e. The summed E-state index contributed by atoms with van der Waals surface area (Å²) in [6.45, 7) is 0.267. The van der Waals surface area contributed by atoms with Gasteiger partial charge in [-0.25, -0.2) is 4.98 Å². The Kier molecular flexibility index (Phi) is 5.47. The molecular weight excluding hydrogens is 360 g/mol. The summed E-state index contributed by atoms with van der Waals surface area (Å²) >= 11 is 7.61. The van der Waals surface area contributed by atoms with E-state index in [1.54, 1.807) is 47.6 Å². The van der Waals surface area contributed by atoms with Crippen LogP contribution < -0.4 is 10.6 Å². The Balaban J connectivity index is 1.51. The van der Waals surface area contributed by atoms with Crippen LogP contribution in [-0.4, -0.2) is 27.9 Å². The molecule has 8 heteroatoms. The molecule has 0 aliphatic heterocycles. The molecule has 3 aromatic rings. The lowest BCUT2D eigenvalue weighted by atomic mass is 10.2. The number of hydrogen-bond donors (Lipinski definition) is 2. The fourth-order valence-corrected chi connectivity index (χ4v) is 3.12. The lowest BCUT2D eigenvalue weighted by molar-refractivity contribution is -0.116. The quantitative estimate of drug-likeness (QED) is 0.694. The van der Waals surface area contributed by atoms with Crippen molar-refractivity contribution < 1.29 is 9.59 Å². The molecule has 2 amide bonds. The van der Waals surface area contributed by atoms with Crippen molar-refractivity contribution in [1.29, 1.82) is 0 Å². The molecule has 1 aromatic carbocycles. The summed E-state index contributed by atoms with van der Waals surface area (Å²) < 4.78 is 1.79. The number of hydrogen-bond acceptors (Lipinski definition) is 4. The molecular formula is C17H15ClN4O2S. The van der Waals surface area contributed by atoms with Crippen LogP contribution in [-0.2, 0) is 4.79 Å². The third-order valence-corrected chi connectivity index (χ3v) is 4.57. The summed E-state index contributed by atoms with van der Waals surface area (Å²) in [6.07, 6.45) is 5.28. The number of halogens is 1. The first-order chi connectivity index (χ1) is 12.1. The highest BCUT2D eigenvalue weighted by Gasteiger charge is 2.09. The Morgan fingerprint density at radius 1 is 1.28 bits per heavy atom. The van der Waals surface area contributed by atoms with Gasteiger partial charge >= 0.3 is 0 Å². The van der Waals surface area contributed by atoms with Crippen molar-refractivity contribution in [2.45, 2.75) is 6.42 Å². The third-order valence-electron chi connectivity index (χ3n) is 3.40. The predicted octanol–water partition coefficient (Wildman–Crippen LogP) is 3.35. The number of amides is 2. The highest BCUT2D eigenvalue weighted by molar-refractivity contribution is 7.12. The van der Waals surface area contributed by atoms with E-state index in [1.165, 1.54) is 11.3 Å². The zero-order valence-corrected chi connectivity index (χ0v) is 14.7. The third kappa shape index (κ3) is 4.46. The van der Waals surface area contributed by atoms with E-state index in [9.17, 15) is 9.59 Å². The topological polar surface area (TPSA) is 76.0 Å². The lowest BCUT2D eigenvalue weighted by Crippen LogP contribution is -2.27. The Bertz CT molecular complexity index is 863. The number of rotatable bonds is 6. The number of benzene rings is 1. The SMILES string of the molecule is O=C(CCNC(=O)c1cccs1)Nc1ccc(-n2ccnc2)c(Cl)c1. The Morgan fingerprint density at radius 2 is 2.16 bits per heavy atom. The maximum Gasteiger partial charge on any atom is 0.261 e. The number of anilines is 1. The molecule has 6 nitrogen and oxygen atoms in total. The van der Waals surface area contributed by atoms with E-state index in [0.29, 0.717) is 15.6 Å². The molecule has 0 bridgehead atoms. The van der Waals surface area contributed by atoms with E-state index in [1.807, 2.05) is 11.4 Å². The number of carbonyl (C=O) groups excluding carboxylic acids is 2. The second-order valence-corrected chi connectivity index (χ2v) is 6.52. The molecule has 25 heavy (non-hydrogen) atoms. The predicted molar refractivity (Wildman–Crippen MR) is 98.5 cm³/mol. The van der Waals surface area contributed by atoms with Gasteiger partial charge in [0, 0.05) is 31.0 Å². The zero-order chi connectivity index (χ0) is 17.6. The minimum absolute atomic E-state index is 0.171. The summed E-state index contributed by atoms with van der Waals surface area (Å²) in [4.78, 5) is 28.4. The monoisotopic (exact) mass is 374 g/mol. The van der Waals surface area contributed by atoms with Gasteiger partial charge in [-0.1, -0.05) is 17.7 Å². The molecule has 0 saturated heterocycles. The maximum absolute atomic E-state index is 12.0. The normalized spacial score (nSPS) is 10.4. The lowest BCUT2D eigenvalue weighted by Gasteiger charge is -2.09. The van der Waals surface area contributed by atoms with Crippen molar-refractivity contribution in [3.8, 4) is 5.69 Å². The van der Waals surface area contributed by atoms with Crippen LogP contribution in [0.3, 0.4) is 0 Å². The van der Waals surface area contributed by atoms with Gasteiger partial charge in [-0.15, -0.1) is 11.3 Å². The van der Waals surface area contributed by atoms with E-state index >= 15 is 0 Å². The molecule has 3 rings (SSSR count). The van der Waals surface area contributed by atoms with E-state index < -0.39 is 0 Å².